The molecule has 0 aliphatic heterocycles. The SMILES string of the molecule is Cc1c(C)n(Cc2ccc(-c3ccccc3C(=O)O)cc2)c2ccc(C(=O)NCc3ccccc3C(F)(F)F)cc12. The van der Waals surface area contributed by atoms with Gasteiger partial charge in [0.2, 0.25) is 0 Å². The van der Waals surface area contributed by atoms with E-state index < -0.39 is 23.6 Å². The molecule has 0 atom stereocenters. The van der Waals surface area contributed by atoms with Crippen LogP contribution in [0.5, 0.6) is 0 Å². The maximum Gasteiger partial charge on any atom is 0.416 e. The highest BCUT2D eigenvalue weighted by Crippen LogP contribution is 2.32. The molecule has 5 nitrogen and oxygen atoms in total. The van der Waals surface area contributed by atoms with Crippen LogP contribution >= 0.6 is 0 Å². The fourth-order valence-corrected chi connectivity index (χ4v) is 5.12. The number of carboxylic acids is 1. The number of aromatic nitrogens is 1. The first kappa shape index (κ1) is 27.7. The molecule has 0 fully saturated rings. The van der Waals surface area contributed by atoms with Gasteiger partial charge in [-0.15, -0.1) is 0 Å². The third-order valence-electron chi connectivity index (χ3n) is 7.43. The van der Waals surface area contributed by atoms with E-state index in [-0.39, 0.29) is 17.7 Å². The summed E-state index contributed by atoms with van der Waals surface area (Å²) in [6.07, 6.45) is -4.50. The number of alkyl halides is 3. The van der Waals surface area contributed by atoms with Gasteiger partial charge in [-0.25, -0.2) is 4.79 Å². The lowest BCUT2D eigenvalue weighted by atomic mass is 9.99. The summed E-state index contributed by atoms with van der Waals surface area (Å²) in [5.41, 5.74) is 5.29. The van der Waals surface area contributed by atoms with Gasteiger partial charge in [-0.1, -0.05) is 60.7 Å². The highest BCUT2D eigenvalue weighted by atomic mass is 19.4. The van der Waals surface area contributed by atoms with Crippen molar-refractivity contribution in [1.82, 2.24) is 9.88 Å². The number of carbonyl (C=O) groups excluding carboxylic acids is 1. The zero-order chi connectivity index (χ0) is 29.3. The summed E-state index contributed by atoms with van der Waals surface area (Å²) < 4.78 is 42.1. The molecule has 1 heterocycles. The number of nitrogens with one attached hydrogen (secondary N) is 1. The number of benzene rings is 4. The van der Waals surface area contributed by atoms with Crippen LogP contribution in [0.2, 0.25) is 0 Å². The first-order valence-corrected chi connectivity index (χ1v) is 13.0. The molecule has 0 saturated carbocycles. The standard InChI is InChI=1S/C33H27F3N2O3/c1-20-21(2)38(19-22-11-13-23(14-12-22)26-8-4-5-9-27(26)32(40)41)30-16-15-24(17-28(20)30)31(39)37-18-25-7-3-6-10-29(25)33(34,35)36/h3-17H,18-19H2,1-2H3,(H,37,39)(H,40,41). The molecule has 4 aromatic carbocycles. The summed E-state index contributed by atoms with van der Waals surface area (Å²) in [7, 11) is 0. The van der Waals surface area contributed by atoms with Crippen molar-refractivity contribution >= 4 is 22.8 Å². The number of halogens is 3. The minimum Gasteiger partial charge on any atom is -0.478 e. The van der Waals surface area contributed by atoms with Crippen molar-refractivity contribution in [3.63, 3.8) is 0 Å². The first-order valence-electron chi connectivity index (χ1n) is 13.0. The van der Waals surface area contributed by atoms with Crippen LogP contribution in [0.25, 0.3) is 22.0 Å². The van der Waals surface area contributed by atoms with Gasteiger partial charge in [0.1, 0.15) is 0 Å². The van der Waals surface area contributed by atoms with Gasteiger partial charge in [0, 0.05) is 35.2 Å². The normalized spacial score (nSPS) is 11.5. The lowest BCUT2D eigenvalue weighted by Gasteiger charge is -2.13. The second-order valence-electron chi connectivity index (χ2n) is 9.91. The molecule has 5 rings (SSSR count). The van der Waals surface area contributed by atoms with Crippen LogP contribution < -0.4 is 5.32 Å². The predicted molar refractivity (Wildman–Crippen MR) is 152 cm³/mol. The Balaban J connectivity index is 1.37. The highest BCUT2D eigenvalue weighted by molar-refractivity contribution is 5.99. The average molecular weight is 557 g/mol. The minimum absolute atomic E-state index is 0.00470. The van der Waals surface area contributed by atoms with Crippen LogP contribution in [0, 0.1) is 13.8 Å². The fraction of sp³-hybridized carbons (Fsp3) is 0.152. The molecule has 5 aromatic rings. The smallest absolute Gasteiger partial charge is 0.416 e. The van der Waals surface area contributed by atoms with Crippen molar-refractivity contribution in [2.45, 2.75) is 33.1 Å². The number of nitrogens with zero attached hydrogens (tertiary/aromatic N) is 1. The number of hydrogen-bond acceptors (Lipinski definition) is 2. The monoisotopic (exact) mass is 556 g/mol. The van der Waals surface area contributed by atoms with Crippen molar-refractivity contribution in [3.05, 3.63) is 130 Å². The summed E-state index contributed by atoms with van der Waals surface area (Å²) in [5, 5.41) is 13.0. The van der Waals surface area contributed by atoms with Crippen LogP contribution in [-0.4, -0.2) is 21.6 Å². The summed E-state index contributed by atoms with van der Waals surface area (Å²) in [4.78, 5) is 24.5. The van der Waals surface area contributed by atoms with Gasteiger partial charge in [0.25, 0.3) is 5.91 Å². The minimum atomic E-state index is -4.50. The maximum atomic E-state index is 13.3. The van der Waals surface area contributed by atoms with E-state index in [9.17, 15) is 27.9 Å². The quantitative estimate of drug-likeness (QED) is 0.217. The molecule has 1 amide bonds. The maximum absolute atomic E-state index is 13.3. The van der Waals surface area contributed by atoms with E-state index in [1.165, 1.54) is 18.2 Å². The van der Waals surface area contributed by atoms with Crippen LogP contribution in [0.1, 0.15) is 48.7 Å². The number of rotatable bonds is 7. The summed E-state index contributed by atoms with van der Waals surface area (Å²) in [5.74, 6) is -1.43. The van der Waals surface area contributed by atoms with Crippen LogP contribution in [0.3, 0.4) is 0 Å². The molecule has 0 unspecified atom stereocenters. The molecule has 8 heteroatoms. The van der Waals surface area contributed by atoms with E-state index in [0.29, 0.717) is 17.7 Å². The lowest BCUT2D eigenvalue weighted by Crippen LogP contribution is -2.24. The van der Waals surface area contributed by atoms with E-state index >= 15 is 0 Å². The van der Waals surface area contributed by atoms with Gasteiger partial charge in [-0.2, -0.15) is 13.2 Å². The van der Waals surface area contributed by atoms with E-state index in [0.717, 1.165) is 39.4 Å². The van der Waals surface area contributed by atoms with E-state index in [2.05, 4.69) is 9.88 Å². The molecule has 1 aromatic heterocycles. The van der Waals surface area contributed by atoms with Gasteiger partial charge in [0.15, 0.2) is 0 Å². The molecular formula is C33H27F3N2O3. The topological polar surface area (TPSA) is 71.3 Å². The molecular weight excluding hydrogens is 529 g/mol. The Morgan fingerprint density at radius 1 is 0.878 bits per heavy atom. The fourth-order valence-electron chi connectivity index (χ4n) is 5.12. The molecule has 0 aliphatic rings. The zero-order valence-corrected chi connectivity index (χ0v) is 22.4. The average Bonchev–Trinajstić information content (AvgIpc) is 3.20. The molecule has 0 aliphatic carbocycles. The van der Waals surface area contributed by atoms with Gasteiger partial charge in [0.05, 0.1) is 11.1 Å². The van der Waals surface area contributed by atoms with Gasteiger partial charge >= 0.3 is 12.1 Å². The zero-order valence-electron chi connectivity index (χ0n) is 22.4. The third kappa shape index (κ3) is 5.59. The van der Waals surface area contributed by atoms with E-state index in [1.807, 2.05) is 50.2 Å². The Morgan fingerprint density at radius 3 is 2.27 bits per heavy atom. The Bertz CT molecular complexity index is 1770. The van der Waals surface area contributed by atoms with Crippen LogP contribution in [0.4, 0.5) is 13.2 Å². The third-order valence-corrected chi connectivity index (χ3v) is 7.43. The Labute approximate surface area is 234 Å². The summed E-state index contributed by atoms with van der Waals surface area (Å²) in [6, 6.07) is 25.1. The number of carbonyl (C=O) groups is 2. The highest BCUT2D eigenvalue weighted by Gasteiger charge is 2.32. The van der Waals surface area contributed by atoms with Crippen LogP contribution in [-0.2, 0) is 19.3 Å². The van der Waals surface area contributed by atoms with Crippen molar-refractivity contribution in [2.24, 2.45) is 0 Å². The number of amides is 1. The van der Waals surface area contributed by atoms with Gasteiger partial charge in [-0.3, -0.25) is 4.79 Å². The molecule has 208 valence electrons. The van der Waals surface area contributed by atoms with E-state index in [4.69, 9.17) is 0 Å². The second-order valence-corrected chi connectivity index (χ2v) is 9.91. The Morgan fingerprint density at radius 2 is 1.56 bits per heavy atom. The molecule has 41 heavy (non-hydrogen) atoms. The first-order chi connectivity index (χ1) is 19.5. The molecule has 0 spiro atoms. The van der Waals surface area contributed by atoms with E-state index in [1.54, 1.807) is 30.3 Å². The van der Waals surface area contributed by atoms with Gasteiger partial charge in [-0.05, 0) is 72.0 Å². The lowest BCUT2D eigenvalue weighted by molar-refractivity contribution is -0.138. The van der Waals surface area contributed by atoms with Crippen molar-refractivity contribution < 1.29 is 27.9 Å². The number of carboxylic acid groups (broad SMARTS) is 1. The largest absolute Gasteiger partial charge is 0.478 e. The van der Waals surface area contributed by atoms with Crippen LogP contribution in [0.15, 0.2) is 91.0 Å². The van der Waals surface area contributed by atoms with Crippen molar-refractivity contribution in [3.8, 4) is 11.1 Å². The number of fused-ring (bicyclic) bond motifs is 1. The molecule has 0 radical (unpaired) electrons. The predicted octanol–water partition coefficient (Wildman–Crippen LogP) is 7.62. The second kappa shape index (κ2) is 11.0. The summed E-state index contributed by atoms with van der Waals surface area (Å²) >= 11 is 0. The molecule has 0 saturated heterocycles. The number of hydrogen-bond donors (Lipinski definition) is 2. The number of aromatic carboxylic acids is 1. The molecule has 0 bridgehead atoms. The summed E-state index contributed by atoms with van der Waals surface area (Å²) in [6.45, 7) is 4.30. The van der Waals surface area contributed by atoms with Crippen molar-refractivity contribution in [1.29, 1.82) is 0 Å². The molecule has 2 N–H and O–H groups in total. The van der Waals surface area contributed by atoms with Crippen molar-refractivity contribution in [2.75, 3.05) is 0 Å². The van der Waals surface area contributed by atoms with Gasteiger partial charge < -0.3 is 15.0 Å². The Hall–Kier alpha value is -4.85. The number of aryl methyl sites for hydroxylation is 1. The Kier molecular flexibility index (Phi) is 7.41.